The predicted molar refractivity (Wildman–Crippen MR) is 49.4 cm³/mol. The van der Waals surface area contributed by atoms with Gasteiger partial charge in [0.2, 0.25) is 11.5 Å². The van der Waals surface area contributed by atoms with Crippen LogP contribution in [0.3, 0.4) is 0 Å². The smallest absolute Gasteiger partial charge is 0.191 e. The van der Waals surface area contributed by atoms with E-state index >= 15 is 0 Å². The van der Waals surface area contributed by atoms with Crippen molar-refractivity contribution in [2.24, 2.45) is 4.36 Å². The summed E-state index contributed by atoms with van der Waals surface area (Å²) in [5.41, 5.74) is 0.753. The van der Waals surface area contributed by atoms with Gasteiger partial charge in [-0.1, -0.05) is 12.1 Å². The molecular formula is C6H4INOS. The summed E-state index contributed by atoms with van der Waals surface area (Å²) in [6.45, 7) is 0. The van der Waals surface area contributed by atoms with Gasteiger partial charge in [-0.15, -0.1) is 0 Å². The first-order valence-electron chi connectivity index (χ1n) is 2.59. The molecule has 1 rings (SSSR count). The molecule has 0 saturated carbocycles. The van der Waals surface area contributed by atoms with Gasteiger partial charge >= 0.3 is 0 Å². The Bertz CT molecular complexity index is 283. The molecular weight excluding hydrogens is 261 g/mol. The van der Waals surface area contributed by atoms with Crippen molar-refractivity contribution in [2.45, 2.75) is 0 Å². The van der Waals surface area contributed by atoms with Gasteiger partial charge in [-0.25, -0.2) is 0 Å². The fraction of sp³-hybridized carbons (Fsp3) is 0. The Hall–Kier alpha value is -0.230. The molecule has 0 spiro atoms. The topological polar surface area (TPSA) is 29.4 Å². The van der Waals surface area contributed by atoms with Crippen LogP contribution in [-0.2, 0) is 11.5 Å². The summed E-state index contributed by atoms with van der Waals surface area (Å²) >= 11 is 2.38. The maximum Gasteiger partial charge on any atom is 0.205 e. The molecule has 0 bridgehead atoms. The second-order valence-corrected chi connectivity index (χ2v) is 3.11. The van der Waals surface area contributed by atoms with E-state index in [1.165, 1.54) is 0 Å². The highest BCUT2D eigenvalue weighted by molar-refractivity contribution is 14.1. The summed E-state index contributed by atoms with van der Waals surface area (Å²) in [7, 11) is 0. The molecule has 0 radical (unpaired) electrons. The zero-order chi connectivity index (χ0) is 7.40. The van der Waals surface area contributed by atoms with E-state index in [0.717, 1.165) is 9.26 Å². The van der Waals surface area contributed by atoms with Gasteiger partial charge in [0.15, 0.2) is 0 Å². The molecule has 0 aromatic heterocycles. The van der Waals surface area contributed by atoms with Gasteiger partial charge < -0.3 is 0 Å². The Morgan fingerprint density at radius 1 is 1.40 bits per heavy atom. The number of benzene rings is 1. The van der Waals surface area contributed by atoms with Crippen LogP contribution in [0, 0.1) is 3.57 Å². The first-order valence-corrected chi connectivity index (χ1v) is 4.37. The molecule has 10 heavy (non-hydrogen) atoms. The van der Waals surface area contributed by atoms with Crippen molar-refractivity contribution in [3.63, 3.8) is 0 Å². The zero-order valence-electron chi connectivity index (χ0n) is 4.95. The van der Waals surface area contributed by atoms with Crippen molar-refractivity contribution in [3.8, 4) is 0 Å². The van der Waals surface area contributed by atoms with E-state index in [-0.39, 0.29) is 11.5 Å². The van der Waals surface area contributed by atoms with E-state index in [0.29, 0.717) is 0 Å². The van der Waals surface area contributed by atoms with Gasteiger partial charge in [-0.2, -0.15) is 8.57 Å². The van der Waals surface area contributed by atoms with Crippen LogP contribution in [0.5, 0.6) is 0 Å². The lowest BCUT2D eigenvalue weighted by Gasteiger charge is -1.90. The van der Waals surface area contributed by atoms with Crippen molar-refractivity contribution in [2.75, 3.05) is 0 Å². The summed E-state index contributed by atoms with van der Waals surface area (Å²) in [5, 5.41) is 0. The molecule has 0 heterocycles. The number of hydrogen-bond acceptors (Lipinski definition) is 2. The molecule has 0 aliphatic carbocycles. The highest BCUT2D eigenvalue weighted by Gasteiger charge is 1.92. The van der Waals surface area contributed by atoms with Gasteiger partial charge in [0, 0.05) is 3.57 Å². The summed E-state index contributed by atoms with van der Waals surface area (Å²) in [5.74, 6) is 0. The quantitative estimate of drug-likeness (QED) is 0.716. The van der Waals surface area contributed by atoms with E-state index in [9.17, 15) is 4.21 Å². The molecule has 1 aromatic rings. The second kappa shape index (κ2) is 3.82. The molecule has 0 saturated heterocycles. The van der Waals surface area contributed by atoms with Crippen LogP contribution < -0.4 is 0 Å². The number of rotatable bonds is 1. The fourth-order valence-corrected chi connectivity index (χ4v) is 1.48. The summed E-state index contributed by atoms with van der Waals surface area (Å²) in [6.07, 6.45) is 0. The van der Waals surface area contributed by atoms with Crippen molar-refractivity contribution in [1.82, 2.24) is 0 Å². The molecule has 0 N–H and O–H groups in total. The average Bonchev–Trinajstić information content (AvgIpc) is 1.94. The van der Waals surface area contributed by atoms with Crippen LogP contribution in [0.4, 0.5) is 5.69 Å². The molecule has 0 fully saturated rings. The second-order valence-electron chi connectivity index (χ2n) is 1.62. The van der Waals surface area contributed by atoms with Crippen LogP contribution in [0.1, 0.15) is 0 Å². The maximum atomic E-state index is 10.00. The highest BCUT2D eigenvalue weighted by atomic mass is 127. The van der Waals surface area contributed by atoms with Crippen LogP contribution >= 0.6 is 22.6 Å². The van der Waals surface area contributed by atoms with E-state index in [2.05, 4.69) is 27.0 Å². The van der Waals surface area contributed by atoms with Crippen LogP contribution in [0.15, 0.2) is 28.6 Å². The van der Waals surface area contributed by atoms with Gasteiger partial charge in [0.05, 0.1) is 5.69 Å². The van der Waals surface area contributed by atoms with E-state index in [4.69, 9.17) is 0 Å². The Kier molecular flexibility index (Phi) is 3.01. The Morgan fingerprint density at radius 2 is 2.10 bits per heavy atom. The third kappa shape index (κ3) is 1.88. The zero-order valence-corrected chi connectivity index (χ0v) is 7.93. The van der Waals surface area contributed by atoms with Gasteiger partial charge in [-0.3, -0.25) is 0 Å². The molecule has 2 nitrogen and oxygen atoms in total. The molecule has 0 aliphatic heterocycles. The summed E-state index contributed by atoms with van der Waals surface area (Å²) < 4.78 is 14.7. The largest absolute Gasteiger partial charge is 0.205 e. The van der Waals surface area contributed by atoms with Crippen LogP contribution in [0.25, 0.3) is 0 Å². The summed E-state index contributed by atoms with van der Waals surface area (Å²) in [6, 6.07) is 7.50. The van der Waals surface area contributed by atoms with Crippen molar-refractivity contribution in [3.05, 3.63) is 27.8 Å². The number of hydrogen-bond donors (Lipinski definition) is 0. The van der Waals surface area contributed by atoms with Gasteiger partial charge in [0.25, 0.3) is 0 Å². The van der Waals surface area contributed by atoms with Crippen LogP contribution in [0.2, 0.25) is 0 Å². The minimum atomic E-state index is 0.239. The first kappa shape index (κ1) is 7.87. The molecule has 1 aromatic carbocycles. The SMILES string of the molecule is O=S=Nc1ccccc1I. The number of nitrogens with zero attached hydrogens (tertiary/aromatic N) is 1. The third-order valence-electron chi connectivity index (χ3n) is 0.988. The highest BCUT2D eigenvalue weighted by Crippen LogP contribution is 2.19. The standard InChI is InChI=1S/C6H4INOS/c7-5-3-1-2-4-6(5)8-10-9/h1-4H. The molecule has 0 aliphatic rings. The third-order valence-corrected chi connectivity index (χ3v) is 2.17. The Balaban J connectivity index is 3.14. The molecule has 0 unspecified atom stereocenters. The maximum absolute atomic E-state index is 10.00. The molecule has 0 amide bonds. The van der Waals surface area contributed by atoms with Gasteiger partial charge in [-0.05, 0) is 34.7 Å². The molecule has 0 atom stereocenters. The minimum absolute atomic E-state index is 0.239. The van der Waals surface area contributed by atoms with Crippen molar-refractivity contribution in [1.29, 1.82) is 0 Å². The monoisotopic (exact) mass is 265 g/mol. The predicted octanol–water partition coefficient (Wildman–Crippen LogP) is 2.32. The lowest BCUT2D eigenvalue weighted by atomic mass is 10.3. The van der Waals surface area contributed by atoms with E-state index < -0.39 is 0 Å². The lowest BCUT2D eigenvalue weighted by Crippen LogP contribution is -1.68. The Labute approximate surface area is 76.0 Å². The normalized spacial score (nSPS) is 8.90. The summed E-state index contributed by atoms with van der Waals surface area (Å²) in [4.78, 5) is 0. The Morgan fingerprint density at radius 3 is 2.70 bits per heavy atom. The average molecular weight is 265 g/mol. The number of halogens is 1. The van der Waals surface area contributed by atoms with E-state index in [1.54, 1.807) is 0 Å². The van der Waals surface area contributed by atoms with Gasteiger partial charge in [0.1, 0.15) is 0 Å². The first-order chi connectivity index (χ1) is 4.84. The van der Waals surface area contributed by atoms with Crippen molar-refractivity contribution >= 4 is 39.7 Å². The van der Waals surface area contributed by atoms with Crippen LogP contribution in [-0.4, -0.2) is 4.21 Å². The lowest BCUT2D eigenvalue weighted by molar-refractivity contribution is 0.698. The fourth-order valence-electron chi connectivity index (χ4n) is 0.566. The molecule has 4 heteroatoms. The van der Waals surface area contributed by atoms with Crippen molar-refractivity contribution < 1.29 is 4.21 Å². The molecule has 52 valence electrons. The minimum Gasteiger partial charge on any atom is -0.191 e. The van der Waals surface area contributed by atoms with E-state index in [1.807, 2.05) is 24.3 Å².